The summed E-state index contributed by atoms with van der Waals surface area (Å²) in [5.74, 6) is -0.707. The Bertz CT molecular complexity index is 1090. The summed E-state index contributed by atoms with van der Waals surface area (Å²) in [6.07, 6.45) is -4.81. The number of hydrogen-bond donors (Lipinski definition) is 1. The Kier molecular flexibility index (Phi) is 3.50. The van der Waals surface area contributed by atoms with E-state index in [1.165, 1.54) is 36.1 Å². The molecule has 0 aromatic heterocycles. The number of amides is 3. The van der Waals surface area contributed by atoms with Crippen molar-refractivity contribution in [1.29, 1.82) is 5.26 Å². The molecule has 2 aromatic carbocycles. The van der Waals surface area contributed by atoms with Crippen LogP contribution in [0.1, 0.15) is 29.2 Å². The number of carbonyl (C=O) groups is 2. The molecule has 0 spiro atoms. The van der Waals surface area contributed by atoms with Crippen LogP contribution >= 0.6 is 0 Å². The van der Waals surface area contributed by atoms with Crippen molar-refractivity contribution < 1.29 is 27.9 Å². The van der Waals surface area contributed by atoms with E-state index in [0.29, 0.717) is 22.1 Å². The summed E-state index contributed by atoms with van der Waals surface area (Å²) in [5, 5.41) is 18.5. The lowest BCUT2D eigenvalue weighted by Crippen LogP contribution is -2.39. The summed E-state index contributed by atoms with van der Waals surface area (Å²) in [4.78, 5) is 28.0. The predicted molar refractivity (Wildman–Crippen MR) is 90.0 cm³/mol. The first kappa shape index (κ1) is 17.9. The van der Waals surface area contributed by atoms with E-state index in [1.54, 1.807) is 0 Å². The van der Waals surface area contributed by atoms with Crippen LogP contribution in [0.15, 0.2) is 36.4 Å². The molecule has 2 aliphatic heterocycles. The molecular weight excluding hydrogens is 375 g/mol. The Labute approximate surface area is 157 Å². The number of aromatic hydroxyl groups is 1. The molecule has 0 radical (unpaired) electrons. The smallest absolute Gasteiger partial charge is 0.417 e. The van der Waals surface area contributed by atoms with Crippen molar-refractivity contribution >= 4 is 17.6 Å². The van der Waals surface area contributed by atoms with Gasteiger partial charge >= 0.3 is 12.2 Å². The Hall–Kier alpha value is -3.54. The zero-order chi connectivity index (χ0) is 20.4. The molecule has 6 nitrogen and oxygen atoms in total. The van der Waals surface area contributed by atoms with Gasteiger partial charge in [0.05, 0.1) is 22.9 Å². The van der Waals surface area contributed by atoms with Gasteiger partial charge in [0, 0.05) is 6.54 Å². The van der Waals surface area contributed by atoms with Gasteiger partial charge in [-0.1, -0.05) is 6.07 Å². The first-order valence-corrected chi connectivity index (χ1v) is 8.19. The van der Waals surface area contributed by atoms with Crippen molar-refractivity contribution in [3.05, 3.63) is 58.7 Å². The number of nitriles is 1. The number of hydrogen-bond acceptors (Lipinski definition) is 4. The van der Waals surface area contributed by atoms with Crippen molar-refractivity contribution in [2.75, 3.05) is 4.90 Å². The van der Waals surface area contributed by atoms with Gasteiger partial charge in [0.1, 0.15) is 11.3 Å². The fourth-order valence-corrected chi connectivity index (χ4v) is 3.81. The lowest BCUT2D eigenvalue weighted by molar-refractivity contribution is -0.137. The number of imide groups is 1. The molecule has 1 unspecified atom stereocenters. The number of carbonyl (C=O) groups excluding carboxylic acids is 2. The Balaban J connectivity index is 1.83. The number of halogens is 3. The molecule has 1 saturated heterocycles. The number of nitrogens with zero attached hydrogens (tertiary/aromatic N) is 3. The number of urea groups is 1. The standard InChI is InChI=1S/C19H12F3N3O3/c1-18-14-5-4-13(26)6-11(14)9-24(18)17(28)25(16(18)27)12-3-2-10(8-23)15(7-12)19(20,21)22/h2-7,26H,9H2,1H3. The maximum Gasteiger partial charge on any atom is 0.417 e. The summed E-state index contributed by atoms with van der Waals surface area (Å²) >= 11 is 0. The van der Waals surface area contributed by atoms with Crippen molar-refractivity contribution in [2.24, 2.45) is 0 Å². The van der Waals surface area contributed by atoms with Crippen LogP contribution in [-0.2, 0) is 23.1 Å². The fraction of sp³-hybridized carbons (Fsp3) is 0.211. The first-order chi connectivity index (χ1) is 13.1. The molecule has 2 heterocycles. The summed E-state index contributed by atoms with van der Waals surface area (Å²) in [7, 11) is 0. The quantitative estimate of drug-likeness (QED) is 0.760. The van der Waals surface area contributed by atoms with Gasteiger partial charge < -0.3 is 10.0 Å². The number of phenols is 1. The van der Waals surface area contributed by atoms with E-state index in [9.17, 15) is 27.9 Å². The molecule has 3 amide bonds. The second-order valence-electron chi connectivity index (χ2n) is 6.76. The van der Waals surface area contributed by atoms with Gasteiger partial charge in [0.15, 0.2) is 0 Å². The van der Waals surface area contributed by atoms with E-state index in [4.69, 9.17) is 5.26 Å². The second kappa shape index (κ2) is 5.48. The number of fused-ring (bicyclic) bond motifs is 3. The lowest BCUT2D eigenvalue weighted by atomic mass is 9.91. The summed E-state index contributed by atoms with van der Waals surface area (Å²) in [6.45, 7) is 1.56. The molecule has 2 aromatic rings. The zero-order valence-corrected chi connectivity index (χ0v) is 14.4. The highest BCUT2D eigenvalue weighted by Gasteiger charge is 2.59. The number of alkyl halides is 3. The maximum absolute atomic E-state index is 13.3. The molecule has 9 heteroatoms. The molecule has 0 saturated carbocycles. The van der Waals surface area contributed by atoms with Gasteiger partial charge in [-0.05, 0) is 48.4 Å². The topological polar surface area (TPSA) is 84.6 Å². The number of rotatable bonds is 1. The molecule has 4 rings (SSSR count). The molecule has 28 heavy (non-hydrogen) atoms. The zero-order valence-electron chi connectivity index (χ0n) is 14.4. The highest BCUT2D eigenvalue weighted by atomic mass is 19.4. The van der Waals surface area contributed by atoms with Crippen LogP contribution in [0, 0.1) is 11.3 Å². The fourth-order valence-electron chi connectivity index (χ4n) is 3.81. The molecule has 1 N–H and O–H groups in total. The van der Waals surface area contributed by atoms with Crippen molar-refractivity contribution in [3.63, 3.8) is 0 Å². The van der Waals surface area contributed by atoms with Crippen LogP contribution in [0.2, 0.25) is 0 Å². The van der Waals surface area contributed by atoms with Crippen LogP contribution in [0.5, 0.6) is 5.75 Å². The van der Waals surface area contributed by atoms with Crippen LogP contribution in [0.3, 0.4) is 0 Å². The van der Waals surface area contributed by atoms with Crippen LogP contribution in [-0.4, -0.2) is 21.9 Å². The molecular formula is C19H12F3N3O3. The summed E-state index contributed by atoms with van der Waals surface area (Å²) < 4.78 is 39.8. The highest BCUT2D eigenvalue weighted by Crippen LogP contribution is 2.47. The minimum absolute atomic E-state index is 0.0119. The average molecular weight is 387 g/mol. The van der Waals surface area contributed by atoms with E-state index in [-0.39, 0.29) is 18.0 Å². The molecule has 142 valence electrons. The molecule has 1 atom stereocenters. The highest BCUT2D eigenvalue weighted by molar-refractivity contribution is 6.23. The van der Waals surface area contributed by atoms with Gasteiger partial charge in [-0.3, -0.25) is 4.79 Å². The molecule has 0 aliphatic carbocycles. The third kappa shape index (κ3) is 2.21. The second-order valence-corrected chi connectivity index (χ2v) is 6.76. The third-order valence-corrected chi connectivity index (χ3v) is 5.21. The van der Waals surface area contributed by atoms with Crippen molar-refractivity contribution in [3.8, 4) is 11.8 Å². The average Bonchev–Trinajstić information content (AvgIpc) is 3.02. The Morgan fingerprint density at radius 2 is 1.89 bits per heavy atom. The van der Waals surface area contributed by atoms with Gasteiger partial charge in [-0.2, -0.15) is 18.4 Å². The molecule has 1 fully saturated rings. The van der Waals surface area contributed by atoms with Crippen LogP contribution < -0.4 is 4.90 Å². The SMILES string of the molecule is CC12C(=O)N(c3ccc(C#N)c(C(F)(F)F)c3)C(=O)N1Cc1cc(O)ccc12. The Morgan fingerprint density at radius 3 is 2.54 bits per heavy atom. The van der Waals surface area contributed by atoms with E-state index in [2.05, 4.69) is 0 Å². The lowest BCUT2D eigenvalue weighted by Gasteiger charge is -2.24. The summed E-state index contributed by atoms with van der Waals surface area (Å²) in [6, 6.07) is 7.79. The van der Waals surface area contributed by atoms with Gasteiger partial charge in [-0.15, -0.1) is 0 Å². The van der Waals surface area contributed by atoms with E-state index < -0.39 is 34.8 Å². The number of phenolic OH excluding ortho intramolecular Hbond substituents is 1. The number of benzene rings is 2. The predicted octanol–water partition coefficient (Wildman–Crippen LogP) is 3.48. The monoisotopic (exact) mass is 387 g/mol. The summed E-state index contributed by atoms with van der Waals surface area (Å²) in [5.41, 5.74) is -2.34. The van der Waals surface area contributed by atoms with Crippen LogP contribution in [0.25, 0.3) is 0 Å². The van der Waals surface area contributed by atoms with E-state index >= 15 is 0 Å². The van der Waals surface area contributed by atoms with Crippen molar-refractivity contribution in [2.45, 2.75) is 25.2 Å². The van der Waals surface area contributed by atoms with E-state index in [0.717, 1.165) is 12.1 Å². The third-order valence-electron chi connectivity index (χ3n) is 5.21. The van der Waals surface area contributed by atoms with Gasteiger partial charge in [0.2, 0.25) is 0 Å². The van der Waals surface area contributed by atoms with Gasteiger partial charge in [-0.25, -0.2) is 9.69 Å². The van der Waals surface area contributed by atoms with Crippen molar-refractivity contribution in [1.82, 2.24) is 4.90 Å². The molecule has 2 aliphatic rings. The Morgan fingerprint density at radius 1 is 1.18 bits per heavy atom. The normalized spacial score (nSPS) is 21.0. The van der Waals surface area contributed by atoms with E-state index in [1.807, 2.05) is 0 Å². The molecule has 0 bridgehead atoms. The first-order valence-electron chi connectivity index (χ1n) is 8.19. The van der Waals surface area contributed by atoms with Gasteiger partial charge in [0.25, 0.3) is 5.91 Å². The van der Waals surface area contributed by atoms with Crippen LogP contribution in [0.4, 0.5) is 23.7 Å². The minimum atomic E-state index is -4.81. The minimum Gasteiger partial charge on any atom is -0.508 e. The largest absolute Gasteiger partial charge is 0.508 e. The maximum atomic E-state index is 13.3. The number of anilines is 1.